The van der Waals surface area contributed by atoms with Crippen LogP contribution in [0.15, 0.2) is 66.7 Å². The summed E-state index contributed by atoms with van der Waals surface area (Å²) in [6, 6.07) is 17.5. The van der Waals surface area contributed by atoms with E-state index in [1.54, 1.807) is 0 Å². The Morgan fingerprint density at radius 2 is 1.74 bits per heavy atom. The lowest BCUT2D eigenvalue weighted by molar-refractivity contribution is -0.104. The van der Waals surface area contributed by atoms with Crippen molar-refractivity contribution in [1.29, 1.82) is 0 Å². The van der Waals surface area contributed by atoms with Crippen LogP contribution in [0.4, 0.5) is 0 Å². The quantitative estimate of drug-likeness (QED) is 0.520. The molecule has 23 heavy (non-hydrogen) atoms. The minimum atomic E-state index is -0.168. The summed E-state index contributed by atoms with van der Waals surface area (Å²) in [5.74, 6) is 1.60. The minimum Gasteiger partial charge on any atom is -0.457 e. The minimum absolute atomic E-state index is 0.168. The van der Waals surface area contributed by atoms with E-state index >= 15 is 0 Å². The van der Waals surface area contributed by atoms with E-state index in [0.717, 1.165) is 23.3 Å². The molecule has 0 fully saturated rings. The fraction of sp³-hybridized carbons (Fsp3) is 0.250. The van der Waals surface area contributed by atoms with Gasteiger partial charge in [-0.15, -0.1) is 0 Å². The molecule has 0 amide bonds. The Labute approximate surface area is 137 Å². The molecule has 2 rings (SSSR count). The van der Waals surface area contributed by atoms with E-state index in [0.29, 0.717) is 13.2 Å². The molecule has 0 radical (unpaired) electrons. The van der Waals surface area contributed by atoms with Gasteiger partial charge in [0.2, 0.25) is 0 Å². The Balaban J connectivity index is 1.90. The number of allylic oxidation sites excluding steroid dienone is 1. The molecule has 2 aromatic rings. The van der Waals surface area contributed by atoms with Crippen LogP contribution in [0.2, 0.25) is 0 Å². The lowest BCUT2D eigenvalue weighted by Crippen LogP contribution is -2.16. The summed E-state index contributed by atoms with van der Waals surface area (Å²) in [5.41, 5.74) is 0.882. The predicted molar refractivity (Wildman–Crippen MR) is 91.6 cm³/mol. The molecule has 0 bridgehead atoms. The largest absolute Gasteiger partial charge is 0.457 e. The maximum Gasteiger partial charge on any atom is 0.142 e. The zero-order valence-corrected chi connectivity index (χ0v) is 13.6. The molecule has 0 unspecified atom stereocenters. The maximum atomic E-state index is 10.4. The number of aldehydes is 1. The second-order valence-electron chi connectivity index (χ2n) is 6.04. The maximum absolute atomic E-state index is 10.4. The Bertz CT molecular complexity index is 645. The summed E-state index contributed by atoms with van der Waals surface area (Å²) in [4.78, 5) is 10.4. The van der Waals surface area contributed by atoms with Gasteiger partial charge in [-0.25, -0.2) is 0 Å². The number of para-hydroxylation sites is 1. The highest BCUT2D eigenvalue weighted by Crippen LogP contribution is 2.23. The number of carbonyl (C=O) groups is 1. The van der Waals surface area contributed by atoms with E-state index in [1.807, 2.05) is 74.5 Å². The Kier molecular flexibility index (Phi) is 6.12. The highest BCUT2D eigenvalue weighted by Gasteiger charge is 2.13. The van der Waals surface area contributed by atoms with Crippen molar-refractivity contribution in [3.05, 3.63) is 72.3 Å². The molecule has 0 atom stereocenters. The summed E-state index contributed by atoms with van der Waals surface area (Å²) in [5, 5.41) is 0. The van der Waals surface area contributed by atoms with Gasteiger partial charge in [-0.3, -0.25) is 4.79 Å². The molecule has 2 aromatic carbocycles. The van der Waals surface area contributed by atoms with Crippen LogP contribution in [0.5, 0.6) is 11.5 Å². The van der Waals surface area contributed by atoms with E-state index in [-0.39, 0.29) is 5.41 Å². The Hall–Kier alpha value is -2.39. The molecule has 3 nitrogen and oxygen atoms in total. The van der Waals surface area contributed by atoms with Gasteiger partial charge in [-0.2, -0.15) is 0 Å². The van der Waals surface area contributed by atoms with E-state index in [4.69, 9.17) is 9.47 Å². The fourth-order valence-electron chi connectivity index (χ4n) is 2.10. The van der Waals surface area contributed by atoms with Crippen LogP contribution in [-0.2, 0) is 16.1 Å². The van der Waals surface area contributed by atoms with Crippen molar-refractivity contribution in [2.75, 3.05) is 6.61 Å². The van der Waals surface area contributed by atoms with Crippen molar-refractivity contribution in [1.82, 2.24) is 0 Å². The molecule has 120 valence electrons. The van der Waals surface area contributed by atoms with Gasteiger partial charge in [-0.1, -0.05) is 50.3 Å². The first kappa shape index (κ1) is 17.0. The third-order valence-corrected chi connectivity index (χ3v) is 3.25. The Morgan fingerprint density at radius 3 is 2.48 bits per heavy atom. The highest BCUT2D eigenvalue weighted by molar-refractivity contribution is 5.64. The van der Waals surface area contributed by atoms with Crippen molar-refractivity contribution in [3.63, 3.8) is 0 Å². The third-order valence-electron chi connectivity index (χ3n) is 3.25. The van der Waals surface area contributed by atoms with Gasteiger partial charge in [0.1, 0.15) is 17.8 Å². The first-order chi connectivity index (χ1) is 11.1. The zero-order chi connectivity index (χ0) is 16.5. The molecular formula is C20H22O3. The van der Waals surface area contributed by atoms with E-state index < -0.39 is 0 Å². The molecule has 0 heterocycles. The standard InChI is InChI=1S/C20H22O3/c1-20(2,12-7-13-21)16-22-15-17-8-6-11-19(14-17)23-18-9-4-3-5-10-18/h3-14H,15-16H2,1-2H3. The van der Waals surface area contributed by atoms with Gasteiger partial charge in [0, 0.05) is 5.41 Å². The molecule has 0 aliphatic carbocycles. The predicted octanol–water partition coefficient (Wildman–Crippen LogP) is 4.78. The van der Waals surface area contributed by atoms with E-state index in [9.17, 15) is 4.79 Å². The average molecular weight is 310 g/mol. The van der Waals surface area contributed by atoms with Crippen LogP contribution in [0.1, 0.15) is 19.4 Å². The molecule has 0 aliphatic rings. The van der Waals surface area contributed by atoms with Crippen molar-refractivity contribution in [2.24, 2.45) is 5.41 Å². The van der Waals surface area contributed by atoms with Gasteiger partial charge >= 0.3 is 0 Å². The second kappa shape index (κ2) is 8.30. The monoisotopic (exact) mass is 310 g/mol. The number of hydrogen-bond donors (Lipinski definition) is 0. The average Bonchev–Trinajstić information content (AvgIpc) is 2.54. The van der Waals surface area contributed by atoms with Crippen molar-refractivity contribution >= 4 is 6.29 Å². The van der Waals surface area contributed by atoms with Crippen LogP contribution < -0.4 is 4.74 Å². The summed E-state index contributed by atoms with van der Waals surface area (Å²) in [7, 11) is 0. The summed E-state index contributed by atoms with van der Waals surface area (Å²) < 4.78 is 11.6. The summed E-state index contributed by atoms with van der Waals surface area (Å²) >= 11 is 0. The van der Waals surface area contributed by atoms with Gasteiger partial charge in [0.15, 0.2) is 0 Å². The molecule has 0 saturated carbocycles. The SMILES string of the molecule is CC(C)(C=CC=O)COCc1cccc(Oc2ccccc2)c1. The zero-order valence-electron chi connectivity index (χ0n) is 13.6. The highest BCUT2D eigenvalue weighted by atomic mass is 16.5. The molecule has 0 aromatic heterocycles. The van der Waals surface area contributed by atoms with Crippen LogP contribution in [0, 0.1) is 5.41 Å². The van der Waals surface area contributed by atoms with E-state index in [2.05, 4.69) is 0 Å². The third kappa shape index (κ3) is 6.09. The molecular weight excluding hydrogens is 288 g/mol. The topological polar surface area (TPSA) is 35.5 Å². The molecule has 0 N–H and O–H groups in total. The van der Waals surface area contributed by atoms with Crippen LogP contribution in [0.3, 0.4) is 0 Å². The summed E-state index contributed by atoms with van der Waals surface area (Å²) in [6.07, 6.45) is 4.15. The summed E-state index contributed by atoms with van der Waals surface area (Å²) in [6.45, 7) is 5.11. The Morgan fingerprint density at radius 1 is 1.00 bits per heavy atom. The molecule has 0 aliphatic heterocycles. The first-order valence-corrected chi connectivity index (χ1v) is 7.62. The number of benzene rings is 2. The first-order valence-electron chi connectivity index (χ1n) is 7.62. The van der Waals surface area contributed by atoms with Crippen molar-refractivity contribution < 1.29 is 14.3 Å². The molecule has 3 heteroatoms. The van der Waals surface area contributed by atoms with Crippen molar-refractivity contribution in [2.45, 2.75) is 20.5 Å². The second-order valence-corrected chi connectivity index (χ2v) is 6.04. The molecule has 0 saturated heterocycles. The lowest BCUT2D eigenvalue weighted by atomic mass is 9.94. The van der Waals surface area contributed by atoms with Gasteiger partial charge in [0.05, 0.1) is 13.2 Å². The van der Waals surface area contributed by atoms with Crippen LogP contribution in [-0.4, -0.2) is 12.9 Å². The van der Waals surface area contributed by atoms with Crippen LogP contribution >= 0.6 is 0 Å². The molecule has 0 spiro atoms. The number of ether oxygens (including phenoxy) is 2. The van der Waals surface area contributed by atoms with Gasteiger partial charge in [0.25, 0.3) is 0 Å². The van der Waals surface area contributed by atoms with Gasteiger partial charge in [-0.05, 0) is 35.9 Å². The van der Waals surface area contributed by atoms with E-state index in [1.165, 1.54) is 6.08 Å². The number of hydrogen-bond acceptors (Lipinski definition) is 3. The van der Waals surface area contributed by atoms with Gasteiger partial charge < -0.3 is 9.47 Å². The number of rotatable bonds is 8. The smallest absolute Gasteiger partial charge is 0.142 e. The van der Waals surface area contributed by atoms with Crippen LogP contribution in [0.25, 0.3) is 0 Å². The normalized spacial score (nSPS) is 11.6. The van der Waals surface area contributed by atoms with Crippen molar-refractivity contribution in [3.8, 4) is 11.5 Å². The fourth-order valence-corrected chi connectivity index (χ4v) is 2.10. The number of carbonyl (C=O) groups excluding carboxylic acids is 1. The lowest BCUT2D eigenvalue weighted by Gasteiger charge is -2.19.